The van der Waals surface area contributed by atoms with Crippen LogP contribution in [-0.4, -0.2) is 19.0 Å². The molecule has 5 rings (SSSR count). The number of hydrogen-bond donors (Lipinski definition) is 1. The Labute approximate surface area is 160 Å². The molecule has 0 unspecified atom stereocenters. The molecule has 1 fully saturated rings. The maximum absolute atomic E-state index is 5.81. The van der Waals surface area contributed by atoms with E-state index in [4.69, 9.17) is 14.5 Å². The van der Waals surface area contributed by atoms with Gasteiger partial charge in [-0.1, -0.05) is 49.6 Å². The molecule has 0 amide bonds. The summed E-state index contributed by atoms with van der Waals surface area (Å²) in [4.78, 5) is 5.07. The van der Waals surface area contributed by atoms with Crippen molar-refractivity contribution in [2.24, 2.45) is 10.4 Å². The van der Waals surface area contributed by atoms with Crippen molar-refractivity contribution in [2.45, 2.75) is 45.1 Å². The first-order chi connectivity index (χ1) is 13.3. The summed E-state index contributed by atoms with van der Waals surface area (Å²) in [6, 6.07) is 14.8. The molecule has 1 N–H and O–H groups in total. The molecule has 2 aromatic rings. The van der Waals surface area contributed by atoms with E-state index in [-0.39, 0.29) is 5.41 Å². The normalized spacial score (nSPS) is 21.6. The average Bonchev–Trinajstić information content (AvgIpc) is 2.72. The van der Waals surface area contributed by atoms with Gasteiger partial charge in [0.15, 0.2) is 11.5 Å². The molecule has 0 radical (unpaired) electrons. The molecule has 2 heterocycles. The molecule has 1 spiro atoms. The van der Waals surface area contributed by atoms with E-state index < -0.39 is 0 Å². The summed E-state index contributed by atoms with van der Waals surface area (Å²) in [5, 5.41) is 3.69. The van der Waals surface area contributed by atoms with Crippen molar-refractivity contribution in [3.05, 3.63) is 53.6 Å². The number of fused-ring (bicyclic) bond motifs is 2. The fourth-order valence-electron chi connectivity index (χ4n) is 4.71. The Kier molecular flexibility index (Phi) is 4.27. The highest BCUT2D eigenvalue weighted by atomic mass is 16.6. The highest BCUT2D eigenvalue weighted by molar-refractivity contribution is 6.03. The molecular formula is C23H26N2O2. The molecule has 1 saturated carbocycles. The van der Waals surface area contributed by atoms with Gasteiger partial charge in [-0.2, -0.15) is 0 Å². The number of ether oxygens (including phenoxy) is 2. The molecule has 0 saturated heterocycles. The van der Waals surface area contributed by atoms with Gasteiger partial charge in [0.25, 0.3) is 0 Å². The molecule has 0 aromatic heterocycles. The molecule has 2 aliphatic heterocycles. The van der Waals surface area contributed by atoms with E-state index in [2.05, 4.69) is 47.8 Å². The smallest absolute Gasteiger partial charge is 0.163 e. The minimum atomic E-state index is 0.143. The van der Waals surface area contributed by atoms with Crippen LogP contribution in [0.2, 0.25) is 0 Å². The van der Waals surface area contributed by atoms with E-state index in [0.29, 0.717) is 13.2 Å². The quantitative estimate of drug-likeness (QED) is 0.820. The monoisotopic (exact) mass is 362 g/mol. The third-order valence-electron chi connectivity index (χ3n) is 6.13. The van der Waals surface area contributed by atoms with Crippen molar-refractivity contribution in [1.82, 2.24) is 0 Å². The molecule has 4 nitrogen and oxygen atoms in total. The average molecular weight is 362 g/mol. The van der Waals surface area contributed by atoms with Gasteiger partial charge in [-0.25, -0.2) is 0 Å². The van der Waals surface area contributed by atoms with Crippen LogP contribution >= 0.6 is 0 Å². The lowest BCUT2D eigenvalue weighted by Crippen LogP contribution is -2.43. The summed E-state index contributed by atoms with van der Waals surface area (Å²) in [5.41, 5.74) is 3.86. The zero-order valence-electron chi connectivity index (χ0n) is 15.7. The van der Waals surface area contributed by atoms with Crippen LogP contribution in [0.3, 0.4) is 0 Å². The highest BCUT2D eigenvalue weighted by Gasteiger charge is 2.41. The van der Waals surface area contributed by atoms with E-state index in [0.717, 1.165) is 36.0 Å². The van der Waals surface area contributed by atoms with Gasteiger partial charge in [0, 0.05) is 17.2 Å². The zero-order valence-corrected chi connectivity index (χ0v) is 15.7. The van der Waals surface area contributed by atoms with Crippen LogP contribution in [0, 0.1) is 5.41 Å². The molecular weight excluding hydrogens is 336 g/mol. The Morgan fingerprint density at radius 3 is 2.44 bits per heavy atom. The lowest BCUT2D eigenvalue weighted by molar-refractivity contribution is 0.171. The van der Waals surface area contributed by atoms with Crippen LogP contribution in [0.5, 0.6) is 11.5 Å². The fraction of sp³-hybridized carbons (Fsp3) is 0.435. The SMILES string of the molecule is c1ccc(CN=C2Nc3cc4c(cc3CC23CCCCC3)OCCO4)cc1. The predicted octanol–water partition coefficient (Wildman–Crippen LogP) is 4.98. The zero-order chi connectivity index (χ0) is 18.1. The summed E-state index contributed by atoms with van der Waals surface area (Å²) in [5.74, 6) is 2.89. The third kappa shape index (κ3) is 3.18. The molecule has 0 bridgehead atoms. The van der Waals surface area contributed by atoms with Crippen LogP contribution < -0.4 is 14.8 Å². The largest absolute Gasteiger partial charge is 0.486 e. The van der Waals surface area contributed by atoms with Crippen molar-refractivity contribution in [1.29, 1.82) is 0 Å². The second-order valence-electron chi connectivity index (χ2n) is 7.95. The minimum Gasteiger partial charge on any atom is -0.486 e. The van der Waals surface area contributed by atoms with Crippen LogP contribution in [0.1, 0.15) is 43.2 Å². The number of anilines is 1. The standard InChI is InChI=1S/C23H26N2O2/c1-3-7-17(8-4-1)16-24-22-23(9-5-2-6-10-23)15-18-13-20-21(14-19(18)25-22)27-12-11-26-20/h1,3-4,7-8,13-14H,2,5-6,9-12,15-16H2,(H,24,25). The van der Waals surface area contributed by atoms with Crippen molar-refractivity contribution in [3.63, 3.8) is 0 Å². The van der Waals surface area contributed by atoms with Gasteiger partial charge in [-0.3, -0.25) is 4.99 Å². The Morgan fingerprint density at radius 1 is 0.926 bits per heavy atom. The van der Waals surface area contributed by atoms with Gasteiger partial charge in [-0.05, 0) is 36.5 Å². The summed E-state index contributed by atoms with van der Waals surface area (Å²) in [7, 11) is 0. The Morgan fingerprint density at radius 2 is 1.67 bits per heavy atom. The van der Waals surface area contributed by atoms with Crippen molar-refractivity contribution >= 4 is 11.5 Å². The molecule has 1 aliphatic carbocycles. The van der Waals surface area contributed by atoms with Gasteiger partial charge < -0.3 is 14.8 Å². The summed E-state index contributed by atoms with van der Waals surface area (Å²) >= 11 is 0. The number of nitrogens with one attached hydrogen (secondary N) is 1. The molecule has 0 atom stereocenters. The fourth-order valence-corrected chi connectivity index (χ4v) is 4.71. The van der Waals surface area contributed by atoms with Gasteiger partial charge in [-0.15, -0.1) is 0 Å². The van der Waals surface area contributed by atoms with E-state index in [1.54, 1.807) is 0 Å². The van der Waals surface area contributed by atoms with E-state index in [1.807, 2.05) is 0 Å². The Bertz CT molecular complexity index is 854. The molecule has 27 heavy (non-hydrogen) atoms. The summed E-state index contributed by atoms with van der Waals surface area (Å²) in [6.07, 6.45) is 7.36. The number of amidine groups is 1. The lowest BCUT2D eigenvalue weighted by atomic mass is 9.67. The van der Waals surface area contributed by atoms with Gasteiger partial charge in [0.2, 0.25) is 0 Å². The van der Waals surface area contributed by atoms with Gasteiger partial charge >= 0.3 is 0 Å². The molecule has 3 aliphatic rings. The Balaban J connectivity index is 1.51. The van der Waals surface area contributed by atoms with E-state index >= 15 is 0 Å². The first-order valence-corrected chi connectivity index (χ1v) is 10.1. The van der Waals surface area contributed by atoms with Crippen LogP contribution in [0.4, 0.5) is 5.69 Å². The number of nitrogens with zero attached hydrogens (tertiary/aromatic N) is 1. The van der Waals surface area contributed by atoms with E-state index in [1.165, 1.54) is 43.2 Å². The summed E-state index contributed by atoms with van der Waals surface area (Å²) < 4.78 is 11.6. The van der Waals surface area contributed by atoms with Crippen molar-refractivity contribution in [2.75, 3.05) is 18.5 Å². The Hall–Kier alpha value is -2.49. The number of hydrogen-bond acceptors (Lipinski definition) is 3. The minimum absolute atomic E-state index is 0.143. The molecule has 140 valence electrons. The van der Waals surface area contributed by atoms with Gasteiger partial charge in [0.05, 0.1) is 6.54 Å². The predicted molar refractivity (Wildman–Crippen MR) is 108 cm³/mol. The second kappa shape index (κ2) is 6.91. The first-order valence-electron chi connectivity index (χ1n) is 10.1. The van der Waals surface area contributed by atoms with Crippen molar-refractivity contribution in [3.8, 4) is 11.5 Å². The number of aliphatic imine (C=N–C) groups is 1. The first kappa shape index (κ1) is 16.7. The van der Waals surface area contributed by atoms with Crippen LogP contribution in [0.25, 0.3) is 0 Å². The van der Waals surface area contributed by atoms with Crippen LogP contribution in [0.15, 0.2) is 47.5 Å². The maximum Gasteiger partial charge on any atom is 0.163 e. The topological polar surface area (TPSA) is 42.9 Å². The third-order valence-corrected chi connectivity index (χ3v) is 6.13. The molecule has 4 heteroatoms. The number of benzene rings is 2. The van der Waals surface area contributed by atoms with E-state index in [9.17, 15) is 0 Å². The highest BCUT2D eigenvalue weighted by Crippen LogP contribution is 2.47. The second-order valence-corrected chi connectivity index (χ2v) is 7.95. The summed E-state index contributed by atoms with van der Waals surface area (Å²) in [6.45, 7) is 1.98. The lowest BCUT2D eigenvalue weighted by Gasteiger charge is -2.43. The van der Waals surface area contributed by atoms with Crippen molar-refractivity contribution < 1.29 is 9.47 Å². The van der Waals surface area contributed by atoms with Gasteiger partial charge in [0.1, 0.15) is 19.0 Å². The van der Waals surface area contributed by atoms with Crippen LogP contribution in [-0.2, 0) is 13.0 Å². The number of rotatable bonds is 2. The molecule has 2 aromatic carbocycles. The maximum atomic E-state index is 5.81.